The van der Waals surface area contributed by atoms with E-state index >= 15 is 0 Å². The van der Waals surface area contributed by atoms with Crippen molar-refractivity contribution in [2.45, 2.75) is 25.9 Å². The number of rotatable bonds is 3. The zero-order valence-corrected chi connectivity index (χ0v) is 11.9. The van der Waals surface area contributed by atoms with E-state index in [1.54, 1.807) is 0 Å². The largest absolute Gasteiger partial charge is 0.296 e. The summed E-state index contributed by atoms with van der Waals surface area (Å²) < 4.78 is 26.7. The van der Waals surface area contributed by atoms with E-state index in [4.69, 9.17) is 5.26 Å². The summed E-state index contributed by atoms with van der Waals surface area (Å²) >= 11 is 0. The van der Waals surface area contributed by atoms with Gasteiger partial charge in [-0.1, -0.05) is 0 Å². The summed E-state index contributed by atoms with van der Waals surface area (Å²) in [6.07, 6.45) is 0. The molecule has 0 bridgehead atoms. The fraction of sp³-hybridized carbons (Fsp3) is 0.533. The molecule has 1 heterocycles. The van der Waals surface area contributed by atoms with Crippen LogP contribution in [0.25, 0.3) is 0 Å². The molecule has 1 saturated heterocycles. The molecule has 0 aliphatic carbocycles. The summed E-state index contributed by atoms with van der Waals surface area (Å²) in [5.41, 5.74) is -0.0890. The smallest absolute Gasteiger partial charge is 0.127 e. The van der Waals surface area contributed by atoms with E-state index in [0.29, 0.717) is 12.1 Å². The third-order valence-electron chi connectivity index (χ3n) is 3.84. The molecule has 1 aromatic carbocycles. The summed E-state index contributed by atoms with van der Waals surface area (Å²) in [4.78, 5) is 4.20. The van der Waals surface area contributed by atoms with Gasteiger partial charge in [-0.15, -0.1) is 0 Å². The first-order valence-corrected chi connectivity index (χ1v) is 6.75. The summed E-state index contributed by atoms with van der Waals surface area (Å²) in [7, 11) is 0. The van der Waals surface area contributed by atoms with Crippen molar-refractivity contribution in [3.63, 3.8) is 0 Å². The lowest BCUT2D eigenvalue weighted by Crippen LogP contribution is -2.53. The highest BCUT2D eigenvalue weighted by molar-refractivity contribution is 5.18. The maximum absolute atomic E-state index is 13.6. The van der Waals surface area contributed by atoms with Crippen LogP contribution in [0.1, 0.15) is 19.4 Å². The van der Waals surface area contributed by atoms with Crippen molar-refractivity contribution in [1.82, 2.24) is 9.80 Å². The molecule has 0 amide bonds. The number of hydrogen-bond donors (Lipinski definition) is 0. The third kappa shape index (κ3) is 3.33. The molecule has 1 aliphatic heterocycles. The fourth-order valence-corrected chi connectivity index (χ4v) is 2.44. The monoisotopic (exact) mass is 279 g/mol. The lowest BCUT2D eigenvalue weighted by atomic mass is 10.0. The van der Waals surface area contributed by atoms with Gasteiger partial charge in [-0.25, -0.2) is 8.78 Å². The number of piperazine rings is 1. The highest BCUT2D eigenvalue weighted by Crippen LogP contribution is 2.18. The molecule has 0 radical (unpaired) electrons. The molecule has 3 nitrogen and oxygen atoms in total. The van der Waals surface area contributed by atoms with E-state index in [2.05, 4.69) is 15.9 Å². The molecule has 5 heteroatoms. The topological polar surface area (TPSA) is 30.3 Å². The first-order valence-electron chi connectivity index (χ1n) is 6.75. The fourth-order valence-electron chi connectivity index (χ4n) is 2.44. The molecule has 0 spiro atoms. The van der Waals surface area contributed by atoms with Crippen LogP contribution in [0.2, 0.25) is 0 Å². The van der Waals surface area contributed by atoms with E-state index in [-0.39, 0.29) is 5.82 Å². The predicted molar refractivity (Wildman–Crippen MR) is 72.9 cm³/mol. The molecule has 1 fully saturated rings. The number of nitriles is 1. The van der Waals surface area contributed by atoms with Gasteiger partial charge in [-0.05, 0) is 32.0 Å². The zero-order valence-electron chi connectivity index (χ0n) is 11.9. The average Bonchev–Trinajstić information content (AvgIpc) is 2.43. The van der Waals surface area contributed by atoms with Crippen molar-refractivity contribution in [1.29, 1.82) is 5.26 Å². The van der Waals surface area contributed by atoms with Gasteiger partial charge < -0.3 is 0 Å². The number of halogens is 2. The van der Waals surface area contributed by atoms with Gasteiger partial charge in [0.1, 0.15) is 17.2 Å². The van der Waals surface area contributed by atoms with Crippen molar-refractivity contribution in [2.24, 2.45) is 0 Å². The molecule has 0 unspecified atom stereocenters. The first kappa shape index (κ1) is 14.9. The van der Waals surface area contributed by atoms with Crippen LogP contribution in [0.3, 0.4) is 0 Å². The number of nitrogens with zero attached hydrogens (tertiary/aromatic N) is 3. The zero-order chi connectivity index (χ0) is 14.8. The van der Waals surface area contributed by atoms with Gasteiger partial charge in [0, 0.05) is 38.3 Å². The highest BCUT2D eigenvalue weighted by Gasteiger charge is 2.29. The Morgan fingerprint density at radius 1 is 1.20 bits per heavy atom. The Hall–Kier alpha value is -1.51. The Morgan fingerprint density at radius 3 is 2.45 bits per heavy atom. The van der Waals surface area contributed by atoms with Crippen LogP contribution in [0.15, 0.2) is 18.2 Å². The maximum atomic E-state index is 13.6. The molecule has 0 aromatic heterocycles. The first-order chi connectivity index (χ1) is 9.42. The van der Waals surface area contributed by atoms with E-state index in [1.807, 2.05) is 13.8 Å². The minimum absolute atomic E-state index is 0.369. The van der Waals surface area contributed by atoms with Crippen LogP contribution in [-0.2, 0) is 6.54 Å². The van der Waals surface area contributed by atoms with Crippen molar-refractivity contribution in [2.75, 3.05) is 26.2 Å². The van der Waals surface area contributed by atoms with Crippen molar-refractivity contribution < 1.29 is 8.78 Å². The minimum atomic E-state index is -0.476. The van der Waals surface area contributed by atoms with E-state index in [0.717, 1.165) is 32.2 Å². The maximum Gasteiger partial charge on any atom is 0.127 e. The van der Waals surface area contributed by atoms with E-state index < -0.39 is 11.4 Å². The van der Waals surface area contributed by atoms with Gasteiger partial charge in [0.25, 0.3) is 0 Å². The molecule has 0 saturated carbocycles. The Balaban J connectivity index is 1.95. The number of hydrogen-bond acceptors (Lipinski definition) is 3. The highest BCUT2D eigenvalue weighted by atomic mass is 19.1. The Kier molecular flexibility index (Phi) is 4.36. The predicted octanol–water partition coefficient (Wildman–Crippen LogP) is 2.38. The lowest BCUT2D eigenvalue weighted by molar-refractivity contribution is 0.0758. The second-order valence-corrected chi connectivity index (χ2v) is 5.67. The molecule has 108 valence electrons. The summed E-state index contributed by atoms with van der Waals surface area (Å²) in [5, 5.41) is 9.12. The standard InChI is InChI=1S/C15H19F2N3/c1-15(2,11-18)20-7-5-19(6-8-20)10-12-9-13(16)3-4-14(12)17/h3-4,9H,5-8,10H2,1-2H3. The van der Waals surface area contributed by atoms with Crippen LogP contribution >= 0.6 is 0 Å². The van der Waals surface area contributed by atoms with Gasteiger partial charge in [-0.3, -0.25) is 9.80 Å². The number of benzene rings is 1. The van der Waals surface area contributed by atoms with Crippen LogP contribution in [0.4, 0.5) is 8.78 Å². The van der Waals surface area contributed by atoms with Gasteiger partial charge in [0.05, 0.1) is 6.07 Å². The van der Waals surface area contributed by atoms with Crippen molar-refractivity contribution in [3.05, 3.63) is 35.4 Å². The van der Waals surface area contributed by atoms with Crippen LogP contribution < -0.4 is 0 Å². The van der Waals surface area contributed by atoms with Crippen LogP contribution in [-0.4, -0.2) is 41.5 Å². The van der Waals surface area contributed by atoms with Gasteiger partial charge in [0.15, 0.2) is 0 Å². The molecule has 0 atom stereocenters. The molecular weight excluding hydrogens is 260 g/mol. The van der Waals surface area contributed by atoms with Gasteiger partial charge >= 0.3 is 0 Å². The van der Waals surface area contributed by atoms with Crippen LogP contribution in [0, 0.1) is 23.0 Å². The molecule has 1 aliphatic rings. The second kappa shape index (κ2) is 5.86. The van der Waals surface area contributed by atoms with Gasteiger partial charge in [0.2, 0.25) is 0 Å². The molecule has 20 heavy (non-hydrogen) atoms. The van der Waals surface area contributed by atoms with E-state index in [9.17, 15) is 8.78 Å². The Labute approximate surface area is 118 Å². The van der Waals surface area contributed by atoms with E-state index in [1.165, 1.54) is 12.1 Å². The lowest BCUT2D eigenvalue weighted by Gasteiger charge is -2.40. The molecule has 0 N–H and O–H groups in total. The Morgan fingerprint density at radius 2 is 1.85 bits per heavy atom. The Bertz CT molecular complexity index is 514. The quantitative estimate of drug-likeness (QED) is 0.851. The molecule has 1 aromatic rings. The summed E-state index contributed by atoms with van der Waals surface area (Å²) in [5.74, 6) is -0.781. The van der Waals surface area contributed by atoms with Crippen molar-refractivity contribution in [3.8, 4) is 6.07 Å². The summed E-state index contributed by atoms with van der Waals surface area (Å²) in [6.45, 7) is 7.23. The summed E-state index contributed by atoms with van der Waals surface area (Å²) in [6, 6.07) is 5.84. The SMILES string of the molecule is CC(C)(C#N)N1CCN(Cc2cc(F)ccc2F)CC1. The normalized spacial score (nSPS) is 17.9. The molecule has 2 rings (SSSR count). The molecular formula is C15H19F2N3. The van der Waals surface area contributed by atoms with Gasteiger partial charge in [-0.2, -0.15) is 5.26 Å². The van der Waals surface area contributed by atoms with Crippen molar-refractivity contribution >= 4 is 0 Å². The minimum Gasteiger partial charge on any atom is -0.296 e. The van der Waals surface area contributed by atoms with Crippen LogP contribution in [0.5, 0.6) is 0 Å². The third-order valence-corrected chi connectivity index (χ3v) is 3.84. The second-order valence-electron chi connectivity index (χ2n) is 5.67. The average molecular weight is 279 g/mol.